The van der Waals surface area contributed by atoms with E-state index < -0.39 is 0 Å². The highest BCUT2D eigenvalue weighted by Gasteiger charge is 2.19. The smallest absolute Gasteiger partial charge is 0.228 e. The van der Waals surface area contributed by atoms with Crippen molar-refractivity contribution < 1.29 is 4.74 Å². The molecule has 0 amide bonds. The molecule has 0 radical (unpaired) electrons. The summed E-state index contributed by atoms with van der Waals surface area (Å²) in [6.07, 6.45) is 2.86. The van der Waals surface area contributed by atoms with Crippen LogP contribution in [-0.2, 0) is 18.2 Å². The van der Waals surface area contributed by atoms with Gasteiger partial charge in [-0.25, -0.2) is 4.98 Å². The quantitative estimate of drug-likeness (QED) is 0.741. The van der Waals surface area contributed by atoms with E-state index in [0.717, 1.165) is 47.7 Å². The first-order valence-corrected chi connectivity index (χ1v) is 8.38. The van der Waals surface area contributed by atoms with Crippen LogP contribution < -0.4 is 4.90 Å². The van der Waals surface area contributed by atoms with Crippen molar-refractivity contribution >= 4 is 17.0 Å². The van der Waals surface area contributed by atoms with E-state index in [9.17, 15) is 0 Å². The molecule has 1 fully saturated rings. The van der Waals surface area contributed by atoms with Crippen molar-refractivity contribution in [1.82, 2.24) is 19.7 Å². The highest BCUT2D eigenvalue weighted by Crippen LogP contribution is 2.29. The molecule has 6 nitrogen and oxygen atoms in total. The Morgan fingerprint density at radius 2 is 2.00 bits per heavy atom. The first-order valence-electron chi connectivity index (χ1n) is 8.38. The van der Waals surface area contributed by atoms with Crippen LogP contribution >= 0.6 is 0 Å². The molecule has 2 aromatic heterocycles. The average molecular weight is 323 g/mol. The zero-order valence-corrected chi connectivity index (χ0v) is 14.1. The molecule has 6 heteroatoms. The second-order valence-electron chi connectivity index (χ2n) is 6.03. The van der Waals surface area contributed by atoms with Crippen molar-refractivity contribution in [3.05, 3.63) is 36.0 Å². The molecule has 1 aliphatic rings. The van der Waals surface area contributed by atoms with Crippen LogP contribution in [0.1, 0.15) is 12.5 Å². The number of anilines is 1. The Labute approximate surface area is 141 Å². The summed E-state index contributed by atoms with van der Waals surface area (Å²) >= 11 is 0. The molecule has 0 saturated carbocycles. The van der Waals surface area contributed by atoms with E-state index >= 15 is 0 Å². The van der Waals surface area contributed by atoms with Crippen molar-refractivity contribution in [3.8, 4) is 11.3 Å². The van der Waals surface area contributed by atoms with Gasteiger partial charge in [-0.2, -0.15) is 10.1 Å². The van der Waals surface area contributed by atoms with Gasteiger partial charge >= 0.3 is 0 Å². The number of fused-ring (bicyclic) bond motifs is 1. The van der Waals surface area contributed by atoms with Crippen LogP contribution in [0.4, 0.5) is 5.95 Å². The van der Waals surface area contributed by atoms with Crippen molar-refractivity contribution in [1.29, 1.82) is 0 Å². The lowest BCUT2D eigenvalue weighted by atomic mass is 10.0. The van der Waals surface area contributed by atoms with E-state index in [-0.39, 0.29) is 0 Å². The Bertz CT molecular complexity index is 867. The molecule has 3 heterocycles. The summed E-state index contributed by atoms with van der Waals surface area (Å²) < 4.78 is 7.26. The number of hydrogen-bond donors (Lipinski definition) is 0. The van der Waals surface area contributed by atoms with Crippen molar-refractivity contribution in [2.24, 2.45) is 7.05 Å². The minimum atomic E-state index is 0.716. The molecule has 124 valence electrons. The summed E-state index contributed by atoms with van der Waals surface area (Å²) in [6, 6.07) is 8.55. The van der Waals surface area contributed by atoms with E-state index in [0.29, 0.717) is 13.2 Å². The van der Waals surface area contributed by atoms with Crippen LogP contribution in [0.25, 0.3) is 22.3 Å². The Hall–Kier alpha value is -2.47. The molecule has 1 saturated heterocycles. The number of ether oxygens (including phenoxy) is 1. The molecule has 0 aliphatic carbocycles. The largest absolute Gasteiger partial charge is 0.378 e. The predicted octanol–water partition coefficient (Wildman–Crippen LogP) is 2.43. The Morgan fingerprint density at radius 1 is 1.17 bits per heavy atom. The average Bonchev–Trinajstić information content (AvgIpc) is 3.03. The van der Waals surface area contributed by atoms with Gasteiger partial charge in [-0.3, -0.25) is 4.68 Å². The van der Waals surface area contributed by atoms with Gasteiger partial charge in [0, 0.05) is 25.7 Å². The standard InChI is InChI=1S/C18H21N5O/c1-3-13-5-4-6-14(11-13)16-15-12-19-22(2)17(15)21-18(20-16)23-7-9-24-10-8-23/h4-6,11-12H,3,7-10H2,1-2H3. The van der Waals surface area contributed by atoms with Crippen LogP contribution in [0, 0.1) is 0 Å². The van der Waals surface area contributed by atoms with E-state index in [2.05, 4.69) is 41.2 Å². The molecule has 1 aromatic carbocycles. The fraction of sp³-hybridized carbons (Fsp3) is 0.389. The number of aryl methyl sites for hydroxylation is 2. The molecule has 4 rings (SSSR count). The Morgan fingerprint density at radius 3 is 2.79 bits per heavy atom. The van der Waals surface area contributed by atoms with Crippen molar-refractivity contribution in [2.45, 2.75) is 13.3 Å². The van der Waals surface area contributed by atoms with Gasteiger partial charge in [-0.15, -0.1) is 0 Å². The SMILES string of the molecule is CCc1cccc(-c2nc(N3CCOCC3)nc3c2cnn3C)c1. The summed E-state index contributed by atoms with van der Waals surface area (Å²) in [5, 5.41) is 5.37. The molecule has 0 unspecified atom stereocenters. The van der Waals surface area contributed by atoms with Gasteiger partial charge in [-0.05, 0) is 18.1 Å². The van der Waals surface area contributed by atoms with Crippen molar-refractivity contribution in [3.63, 3.8) is 0 Å². The zero-order valence-electron chi connectivity index (χ0n) is 14.1. The maximum absolute atomic E-state index is 5.45. The van der Waals surface area contributed by atoms with E-state index in [4.69, 9.17) is 14.7 Å². The third kappa shape index (κ3) is 2.63. The second kappa shape index (κ2) is 6.20. The fourth-order valence-corrected chi connectivity index (χ4v) is 3.07. The number of benzene rings is 1. The highest BCUT2D eigenvalue weighted by molar-refractivity contribution is 5.91. The Kier molecular flexibility index (Phi) is 3.90. The van der Waals surface area contributed by atoms with E-state index in [1.54, 1.807) is 0 Å². The van der Waals surface area contributed by atoms with Gasteiger partial charge in [0.05, 0.1) is 30.5 Å². The topological polar surface area (TPSA) is 56.1 Å². The van der Waals surface area contributed by atoms with Crippen LogP contribution in [0.2, 0.25) is 0 Å². The molecular formula is C18H21N5O. The maximum atomic E-state index is 5.45. The number of hydrogen-bond acceptors (Lipinski definition) is 5. The third-order valence-electron chi connectivity index (χ3n) is 4.48. The van der Waals surface area contributed by atoms with Crippen LogP contribution in [0.5, 0.6) is 0 Å². The van der Waals surface area contributed by atoms with E-state index in [1.807, 2.05) is 17.9 Å². The predicted molar refractivity (Wildman–Crippen MR) is 94.2 cm³/mol. The van der Waals surface area contributed by atoms with Gasteiger partial charge in [0.15, 0.2) is 5.65 Å². The lowest BCUT2D eigenvalue weighted by Gasteiger charge is -2.27. The second-order valence-corrected chi connectivity index (χ2v) is 6.03. The van der Waals surface area contributed by atoms with Crippen LogP contribution in [-0.4, -0.2) is 46.1 Å². The maximum Gasteiger partial charge on any atom is 0.228 e. The van der Waals surface area contributed by atoms with Crippen LogP contribution in [0.3, 0.4) is 0 Å². The fourth-order valence-electron chi connectivity index (χ4n) is 3.07. The first-order chi connectivity index (χ1) is 11.8. The summed E-state index contributed by atoms with van der Waals surface area (Å²) in [4.78, 5) is 11.8. The number of rotatable bonds is 3. The first kappa shape index (κ1) is 15.1. The molecule has 3 aromatic rings. The summed E-state index contributed by atoms with van der Waals surface area (Å²) in [6.45, 7) is 5.23. The lowest BCUT2D eigenvalue weighted by molar-refractivity contribution is 0.122. The summed E-state index contributed by atoms with van der Waals surface area (Å²) in [5.74, 6) is 0.756. The minimum Gasteiger partial charge on any atom is -0.378 e. The minimum absolute atomic E-state index is 0.716. The van der Waals surface area contributed by atoms with Gasteiger partial charge in [0.2, 0.25) is 5.95 Å². The highest BCUT2D eigenvalue weighted by atomic mass is 16.5. The lowest BCUT2D eigenvalue weighted by Crippen LogP contribution is -2.37. The summed E-state index contributed by atoms with van der Waals surface area (Å²) in [5.41, 5.74) is 4.23. The third-order valence-corrected chi connectivity index (χ3v) is 4.48. The van der Waals surface area contributed by atoms with Crippen LogP contribution in [0.15, 0.2) is 30.5 Å². The molecular weight excluding hydrogens is 302 g/mol. The normalized spacial score (nSPS) is 15.2. The molecule has 0 bridgehead atoms. The van der Waals surface area contributed by atoms with Gasteiger partial charge < -0.3 is 9.64 Å². The molecule has 24 heavy (non-hydrogen) atoms. The number of morpholine rings is 1. The molecule has 0 spiro atoms. The summed E-state index contributed by atoms with van der Waals surface area (Å²) in [7, 11) is 1.92. The van der Waals surface area contributed by atoms with Gasteiger partial charge in [0.1, 0.15) is 0 Å². The number of nitrogens with zero attached hydrogens (tertiary/aromatic N) is 5. The van der Waals surface area contributed by atoms with Gasteiger partial charge in [0.25, 0.3) is 0 Å². The molecule has 0 atom stereocenters. The number of aromatic nitrogens is 4. The monoisotopic (exact) mass is 323 g/mol. The molecule has 0 N–H and O–H groups in total. The zero-order chi connectivity index (χ0) is 16.5. The van der Waals surface area contributed by atoms with E-state index in [1.165, 1.54) is 5.56 Å². The Balaban J connectivity index is 1.89. The molecule has 1 aliphatic heterocycles. The van der Waals surface area contributed by atoms with Crippen molar-refractivity contribution in [2.75, 3.05) is 31.2 Å². The van der Waals surface area contributed by atoms with Gasteiger partial charge in [-0.1, -0.05) is 25.1 Å².